The fourth-order valence-electron chi connectivity index (χ4n) is 1.27. The predicted molar refractivity (Wildman–Crippen MR) is 58.7 cm³/mol. The monoisotopic (exact) mass is 189 g/mol. The van der Waals surface area contributed by atoms with Crippen molar-refractivity contribution in [1.82, 2.24) is 4.98 Å². The van der Waals surface area contributed by atoms with Gasteiger partial charge in [-0.1, -0.05) is 11.8 Å². The van der Waals surface area contributed by atoms with Gasteiger partial charge in [0.15, 0.2) is 0 Å². The minimum absolute atomic E-state index is 0.546. The van der Waals surface area contributed by atoms with Crippen molar-refractivity contribution in [3.05, 3.63) is 22.9 Å². The highest BCUT2D eigenvalue weighted by Crippen LogP contribution is 2.12. The molecule has 0 unspecified atom stereocenters. The number of aromatic nitrogens is 1. The van der Waals surface area contributed by atoms with Gasteiger partial charge in [0.25, 0.3) is 0 Å². The lowest BCUT2D eigenvalue weighted by molar-refractivity contribution is 1.03. The molecule has 0 fully saturated rings. The summed E-state index contributed by atoms with van der Waals surface area (Å²) in [6.07, 6.45) is 0.712. The van der Waals surface area contributed by atoms with Gasteiger partial charge in [-0.15, -0.1) is 0 Å². The van der Waals surface area contributed by atoms with Crippen LogP contribution in [0.3, 0.4) is 0 Å². The van der Waals surface area contributed by atoms with Gasteiger partial charge in [-0.3, -0.25) is 0 Å². The van der Waals surface area contributed by atoms with Crippen molar-refractivity contribution >= 4 is 5.82 Å². The van der Waals surface area contributed by atoms with E-state index < -0.39 is 0 Å². The zero-order valence-corrected chi connectivity index (χ0v) is 8.59. The van der Waals surface area contributed by atoms with E-state index in [2.05, 4.69) is 16.8 Å². The zero-order valence-electron chi connectivity index (χ0n) is 8.59. The van der Waals surface area contributed by atoms with E-state index in [1.165, 1.54) is 0 Å². The average Bonchev–Trinajstić information content (AvgIpc) is 2.09. The van der Waals surface area contributed by atoms with Crippen molar-refractivity contribution in [3.8, 4) is 11.8 Å². The smallest absolute Gasteiger partial charge is 0.123 e. The molecule has 3 nitrogen and oxygen atoms in total. The van der Waals surface area contributed by atoms with Gasteiger partial charge in [0.2, 0.25) is 0 Å². The fraction of sp³-hybridized carbons (Fsp3) is 0.364. The van der Waals surface area contributed by atoms with Crippen LogP contribution in [0.2, 0.25) is 0 Å². The Hall–Kier alpha value is -1.53. The number of aryl methyl sites for hydroxylation is 2. The van der Waals surface area contributed by atoms with Crippen LogP contribution >= 0.6 is 0 Å². The van der Waals surface area contributed by atoms with E-state index in [0.717, 1.165) is 16.8 Å². The molecule has 14 heavy (non-hydrogen) atoms. The maximum Gasteiger partial charge on any atom is 0.123 e. The molecule has 0 aromatic carbocycles. The summed E-state index contributed by atoms with van der Waals surface area (Å²) in [5.41, 5.74) is 13.9. The Balaban J connectivity index is 3.04. The molecule has 0 aliphatic carbocycles. The second-order valence-corrected chi connectivity index (χ2v) is 3.16. The molecule has 1 rings (SSSR count). The number of nitrogen functional groups attached to an aromatic ring is 1. The summed E-state index contributed by atoms with van der Waals surface area (Å²) in [4.78, 5) is 4.16. The Morgan fingerprint density at radius 2 is 2.14 bits per heavy atom. The van der Waals surface area contributed by atoms with Gasteiger partial charge < -0.3 is 11.5 Å². The summed E-state index contributed by atoms with van der Waals surface area (Å²) in [7, 11) is 0. The molecule has 0 radical (unpaired) electrons. The Kier molecular flexibility index (Phi) is 3.49. The van der Waals surface area contributed by atoms with Crippen LogP contribution < -0.4 is 11.5 Å². The Bertz CT molecular complexity index is 362. The van der Waals surface area contributed by atoms with E-state index >= 15 is 0 Å². The van der Waals surface area contributed by atoms with Crippen molar-refractivity contribution < 1.29 is 0 Å². The molecule has 0 saturated heterocycles. The van der Waals surface area contributed by atoms with E-state index in [1.54, 1.807) is 0 Å². The van der Waals surface area contributed by atoms with E-state index in [4.69, 9.17) is 11.5 Å². The SMILES string of the molecule is Cc1cc(N)nc(C)c1C#CCCN. The lowest BCUT2D eigenvalue weighted by Gasteiger charge is -2.03. The molecular formula is C11H15N3. The summed E-state index contributed by atoms with van der Waals surface area (Å²) in [6.45, 7) is 4.49. The standard InChI is InChI=1S/C11H15N3/c1-8-7-11(13)14-9(2)10(8)5-3-4-6-12/h7H,4,6,12H2,1-2H3,(H2,13,14). The first-order valence-electron chi connectivity index (χ1n) is 4.58. The van der Waals surface area contributed by atoms with Gasteiger partial charge in [0, 0.05) is 18.5 Å². The molecule has 0 bridgehead atoms. The summed E-state index contributed by atoms with van der Waals surface area (Å²) in [6, 6.07) is 1.83. The summed E-state index contributed by atoms with van der Waals surface area (Å²) in [5, 5.41) is 0. The van der Waals surface area contributed by atoms with Crippen molar-refractivity contribution in [1.29, 1.82) is 0 Å². The van der Waals surface area contributed by atoms with Crippen LogP contribution in [-0.2, 0) is 0 Å². The van der Waals surface area contributed by atoms with Gasteiger partial charge in [0.05, 0.1) is 5.69 Å². The molecule has 74 valence electrons. The van der Waals surface area contributed by atoms with Gasteiger partial charge in [0.1, 0.15) is 5.82 Å². The molecule has 0 saturated carbocycles. The predicted octanol–water partition coefficient (Wildman–Crippen LogP) is 0.981. The van der Waals surface area contributed by atoms with E-state index in [-0.39, 0.29) is 0 Å². The third kappa shape index (κ3) is 2.48. The normalized spacial score (nSPS) is 9.36. The fourth-order valence-corrected chi connectivity index (χ4v) is 1.27. The maximum atomic E-state index is 5.60. The molecule has 4 N–H and O–H groups in total. The Morgan fingerprint density at radius 3 is 2.71 bits per heavy atom. The van der Waals surface area contributed by atoms with Crippen molar-refractivity contribution in [2.24, 2.45) is 5.73 Å². The maximum absolute atomic E-state index is 5.60. The van der Waals surface area contributed by atoms with Crippen molar-refractivity contribution in [3.63, 3.8) is 0 Å². The topological polar surface area (TPSA) is 64.9 Å². The lowest BCUT2D eigenvalue weighted by atomic mass is 10.1. The van der Waals surface area contributed by atoms with Gasteiger partial charge in [-0.25, -0.2) is 4.98 Å². The zero-order chi connectivity index (χ0) is 10.6. The highest BCUT2D eigenvalue weighted by molar-refractivity contribution is 5.48. The van der Waals surface area contributed by atoms with Crippen LogP contribution in [0.4, 0.5) is 5.82 Å². The lowest BCUT2D eigenvalue weighted by Crippen LogP contribution is -1.98. The number of nitrogens with zero attached hydrogens (tertiary/aromatic N) is 1. The number of hydrogen-bond acceptors (Lipinski definition) is 3. The molecule has 0 spiro atoms. The molecule has 0 aliphatic heterocycles. The third-order valence-corrected chi connectivity index (χ3v) is 1.90. The highest BCUT2D eigenvalue weighted by Gasteiger charge is 2.01. The van der Waals surface area contributed by atoms with Crippen LogP contribution in [-0.4, -0.2) is 11.5 Å². The summed E-state index contributed by atoms with van der Waals surface area (Å²) < 4.78 is 0. The number of rotatable bonds is 1. The first kappa shape index (κ1) is 10.6. The van der Waals surface area contributed by atoms with Gasteiger partial charge >= 0.3 is 0 Å². The number of hydrogen-bond donors (Lipinski definition) is 2. The Morgan fingerprint density at radius 1 is 1.43 bits per heavy atom. The second kappa shape index (κ2) is 4.64. The average molecular weight is 189 g/mol. The van der Waals surface area contributed by atoms with Crippen LogP contribution in [0.15, 0.2) is 6.07 Å². The number of nitrogens with two attached hydrogens (primary N) is 2. The minimum atomic E-state index is 0.546. The van der Waals surface area contributed by atoms with Crippen LogP contribution in [0.5, 0.6) is 0 Å². The van der Waals surface area contributed by atoms with E-state index in [9.17, 15) is 0 Å². The van der Waals surface area contributed by atoms with Crippen molar-refractivity contribution in [2.45, 2.75) is 20.3 Å². The van der Waals surface area contributed by atoms with Gasteiger partial charge in [-0.05, 0) is 25.5 Å². The molecule has 1 aromatic heterocycles. The van der Waals surface area contributed by atoms with Gasteiger partial charge in [-0.2, -0.15) is 0 Å². The quantitative estimate of drug-likeness (QED) is 0.647. The van der Waals surface area contributed by atoms with Crippen molar-refractivity contribution in [2.75, 3.05) is 12.3 Å². The first-order chi connectivity index (χ1) is 6.65. The first-order valence-corrected chi connectivity index (χ1v) is 4.58. The molecular weight excluding hydrogens is 174 g/mol. The minimum Gasteiger partial charge on any atom is -0.384 e. The van der Waals surface area contributed by atoms with Crippen LogP contribution in [0, 0.1) is 25.7 Å². The number of pyridine rings is 1. The largest absolute Gasteiger partial charge is 0.384 e. The summed E-state index contributed by atoms with van der Waals surface area (Å²) in [5.74, 6) is 6.60. The molecule has 0 amide bonds. The van der Waals surface area contributed by atoms with Crippen LogP contribution in [0.1, 0.15) is 23.2 Å². The van der Waals surface area contributed by atoms with E-state index in [1.807, 2.05) is 19.9 Å². The molecule has 1 aromatic rings. The number of anilines is 1. The highest BCUT2D eigenvalue weighted by atomic mass is 14.8. The molecule has 3 heteroatoms. The third-order valence-electron chi connectivity index (χ3n) is 1.90. The Labute approximate surface area is 84.5 Å². The molecule has 0 aliphatic rings. The molecule has 0 atom stereocenters. The second-order valence-electron chi connectivity index (χ2n) is 3.16. The molecule has 1 heterocycles. The van der Waals surface area contributed by atoms with E-state index in [0.29, 0.717) is 18.8 Å². The summed E-state index contributed by atoms with van der Waals surface area (Å²) >= 11 is 0. The van der Waals surface area contributed by atoms with Crippen LogP contribution in [0.25, 0.3) is 0 Å².